The molecule has 0 atom stereocenters. The van der Waals surface area contributed by atoms with Gasteiger partial charge in [0.2, 0.25) is 11.8 Å². The van der Waals surface area contributed by atoms with Gasteiger partial charge in [0.1, 0.15) is 0 Å². The maximum Gasteiger partial charge on any atom is 0.246 e. The number of carbonyl (C=O) groups is 2. The molecule has 4 heteroatoms. The van der Waals surface area contributed by atoms with Crippen molar-refractivity contribution in [2.24, 2.45) is 0 Å². The van der Waals surface area contributed by atoms with Gasteiger partial charge in [-0.15, -0.1) is 12.3 Å². The molecule has 14 heavy (non-hydrogen) atoms. The van der Waals surface area contributed by atoms with Crippen LogP contribution < -0.4 is 5.32 Å². The lowest BCUT2D eigenvalue weighted by Gasteiger charge is -2.39. The quantitative estimate of drug-likeness (QED) is 0.487. The van der Waals surface area contributed by atoms with Crippen molar-refractivity contribution in [1.29, 1.82) is 0 Å². The molecule has 0 aromatic heterocycles. The summed E-state index contributed by atoms with van der Waals surface area (Å²) in [5.74, 6) is 1.98. The van der Waals surface area contributed by atoms with Gasteiger partial charge in [-0.1, -0.05) is 0 Å². The smallest absolute Gasteiger partial charge is 0.246 e. The van der Waals surface area contributed by atoms with Gasteiger partial charge in [0.05, 0.1) is 12.1 Å². The van der Waals surface area contributed by atoms with Crippen LogP contribution in [-0.4, -0.2) is 35.3 Å². The van der Waals surface area contributed by atoms with E-state index < -0.39 is 5.54 Å². The van der Waals surface area contributed by atoms with Crippen molar-refractivity contribution in [3.05, 3.63) is 0 Å². The van der Waals surface area contributed by atoms with Gasteiger partial charge in [-0.25, -0.2) is 0 Å². The lowest BCUT2D eigenvalue weighted by Crippen LogP contribution is -2.64. The number of amides is 2. The summed E-state index contributed by atoms with van der Waals surface area (Å²) in [6, 6.07) is 0. The Morgan fingerprint density at radius 1 is 1.57 bits per heavy atom. The molecule has 0 aromatic rings. The minimum absolute atomic E-state index is 0.237. The average molecular weight is 194 g/mol. The first-order valence-electron chi connectivity index (χ1n) is 4.51. The van der Waals surface area contributed by atoms with E-state index in [1.165, 1.54) is 0 Å². The topological polar surface area (TPSA) is 49.4 Å². The SMILES string of the molecule is C#CCCN1CC(=O)NC(=O)C1(C)C. The monoisotopic (exact) mass is 194 g/mol. The first-order chi connectivity index (χ1) is 6.48. The van der Waals surface area contributed by atoms with E-state index in [1.807, 2.05) is 0 Å². The van der Waals surface area contributed by atoms with Gasteiger partial charge in [-0.05, 0) is 13.8 Å². The predicted molar refractivity (Wildman–Crippen MR) is 52.3 cm³/mol. The molecule has 1 aliphatic heterocycles. The molecule has 0 saturated carbocycles. The van der Waals surface area contributed by atoms with E-state index in [2.05, 4.69) is 11.2 Å². The van der Waals surface area contributed by atoms with Crippen LogP contribution in [0.4, 0.5) is 0 Å². The van der Waals surface area contributed by atoms with Crippen LogP contribution in [0, 0.1) is 12.3 Å². The van der Waals surface area contributed by atoms with Gasteiger partial charge < -0.3 is 0 Å². The Bertz CT molecular complexity index is 302. The van der Waals surface area contributed by atoms with E-state index in [1.54, 1.807) is 18.7 Å². The molecule has 0 radical (unpaired) electrons. The molecular weight excluding hydrogens is 180 g/mol. The largest absolute Gasteiger partial charge is 0.294 e. The number of imide groups is 1. The average Bonchev–Trinajstić information content (AvgIpc) is 2.09. The van der Waals surface area contributed by atoms with Crippen LogP contribution in [-0.2, 0) is 9.59 Å². The third-order valence-electron chi connectivity index (χ3n) is 2.46. The number of rotatable bonds is 2. The predicted octanol–water partition coefficient (Wildman–Crippen LogP) is -0.253. The summed E-state index contributed by atoms with van der Waals surface area (Å²) in [7, 11) is 0. The minimum atomic E-state index is -0.648. The molecule has 0 bridgehead atoms. The lowest BCUT2D eigenvalue weighted by molar-refractivity contribution is -0.145. The molecule has 0 spiro atoms. The van der Waals surface area contributed by atoms with Gasteiger partial charge in [0, 0.05) is 13.0 Å². The van der Waals surface area contributed by atoms with E-state index in [4.69, 9.17) is 6.42 Å². The van der Waals surface area contributed by atoms with Crippen LogP contribution in [0.2, 0.25) is 0 Å². The number of hydrogen-bond donors (Lipinski definition) is 1. The van der Waals surface area contributed by atoms with Gasteiger partial charge in [-0.3, -0.25) is 19.8 Å². The normalized spacial score (nSPS) is 21.5. The molecule has 1 aliphatic rings. The van der Waals surface area contributed by atoms with Gasteiger partial charge in [0.25, 0.3) is 0 Å². The lowest BCUT2D eigenvalue weighted by atomic mass is 9.98. The summed E-state index contributed by atoms with van der Waals surface area (Å²) >= 11 is 0. The van der Waals surface area contributed by atoms with Crippen LogP contribution in [0.1, 0.15) is 20.3 Å². The van der Waals surface area contributed by atoms with Crippen LogP contribution in [0.3, 0.4) is 0 Å². The van der Waals surface area contributed by atoms with Crippen LogP contribution >= 0.6 is 0 Å². The van der Waals surface area contributed by atoms with Crippen LogP contribution in [0.5, 0.6) is 0 Å². The Hall–Kier alpha value is -1.34. The van der Waals surface area contributed by atoms with Crippen molar-refractivity contribution < 1.29 is 9.59 Å². The second kappa shape index (κ2) is 3.81. The maximum atomic E-state index is 11.5. The van der Waals surface area contributed by atoms with Crippen molar-refractivity contribution in [2.75, 3.05) is 13.1 Å². The zero-order chi connectivity index (χ0) is 10.8. The zero-order valence-electron chi connectivity index (χ0n) is 8.46. The molecule has 0 unspecified atom stereocenters. The summed E-state index contributed by atoms with van der Waals surface area (Å²) in [5, 5.41) is 2.30. The maximum absolute atomic E-state index is 11.5. The molecule has 1 rings (SSSR count). The highest BCUT2D eigenvalue weighted by atomic mass is 16.2. The van der Waals surface area contributed by atoms with E-state index >= 15 is 0 Å². The Kier molecular flexibility index (Phi) is 2.92. The highest BCUT2D eigenvalue weighted by Crippen LogP contribution is 2.17. The fourth-order valence-corrected chi connectivity index (χ4v) is 1.39. The van der Waals surface area contributed by atoms with Crippen molar-refractivity contribution in [1.82, 2.24) is 10.2 Å². The molecule has 76 valence electrons. The number of hydrogen-bond acceptors (Lipinski definition) is 3. The van der Waals surface area contributed by atoms with Crippen molar-refractivity contribution in [3.8, 4) is 12.3 Å². The van der Waals surface area contributed by atoms with Crippen molar-refractivity contribution in [2.45, 2.75) is 25.8 Å². The molecule has 1 fully saturated rings. The summed E-state index contributed by atoms with van der Waals surface area (Å²) in [5.41, 5.74) is -0.648. The zero-order valence-corrected chi connectivity index (χ0v) is 8.46. The molecule has 1 N–H and O–H groups in total. The molecule has 0 aliphatic carbocycles. The fraction of sp³-hybridized carbons (Fsp3) is 0.600. The van der Waals surface area contributed by atoms with E-state index in [9.17, 15) is 9.59 Å². The molecule has 0 aromatic carbocycles. The van der Waals surface area contributed by atoms with Crippen LogP contribution in [0.15, 0.2) is 0 Å². The number of nitrogens with zero attached hydrogens (tertiary/aromatic N) is 1. The third-order valence-corrected chi connectivity index (χ3v) is 2.46. The number of carbonyl (C=O) groups excluding carboxylic acids is 2. The van der Waals surface area contributed by atoms with Gasteiger partial charge >= 0.3 is 0 Å². The number of piperazine rings is 1. The molecule has 1 saturated heterocycles. The van der Waals surface area contributed by atoms with E-state index in [0.29, 0.717) is 13.0 Å². The Morgan fingerprint density at radius 3 is 2.79 bits per heavy atom. The first-order valence-corrected chi connectivity index (χ1v) is 4.51. The highest BCUT2D eigenvalue weighted by molar-refractivity contribution is 6.02. The molecule has 1 heterocycles. The number of nitrogens with one attached hydrogen (secondary N) is 1. The van der Waals surface area contributed by atoms with Crippen LogP contribution in [0.25, 0.3) is 0 Å². The van der Waals surface area contributed by atoms with Gasteiger partial charge in [0.15, 0.2) is 0 Å². The van der Waals surface area contributed by atoms with Crippen molar-refractivity contribution in [3.63, 3.8) is 0 Å². The Morgan fingerprint density at radius 2 is 2.21 bits per heavy atom. The molecule has 2 amide bonds. The standard InChI is InChI=1S/C10H14N2O2/c1-4-5-6-12-7-8(13)11-9(14)10(12,2)3/h1H,5-7H2,2-3H3,(H,11,13,14). The summed E-state index contributed by atoms with van der Waals surface area (Å²) in [4.78, 5) is 24.4. The minimum Gasteiger partial charge on any atom is -0.294 e. The van der Waals surface area contributed by atoms with E-state index in [-0.39, 0.29) is 18.4 Å². The van der Waals surface area contributed by atoms with Gasteiger partial charge in [-0.2, -0.15) is 0 Å². The van der Waals surface area contributed by atoms with Crippen molar-refractivity contribution >= 4 is 11.8 Å². The first kappa shape index (κ1) is 10.7. The second-order valence-corrected chi connectivity index (χ2v) is 3.81. The summed E-state index contributed by atoms with van der Waals surface area (Å²) < 4.78 is 0. The second-order valence-electron chi connectivity index (χ2n) is 3.81. The summed E-state index contributed by atoms with van der Waals surface area (Å²) in [6.07, 6.45) is 5.69. The number of terminal acetylenes is 1. The van der Waals surface area contributed by atoms with E-state index in [0.717, 1.165) is 0 Å². The fourth-order valence-electron chi connectivity index (χ4n) is 1.39. The highest BCUT2D eigenvalue weighted by Gasteiger charge is 2.40. The Labute approximate surface area is 83.6 Å². The Balaban J connectivity index is 2.75. The third kappa shape index (κ3) is 1.94. The molecular formula is C10H14N2O2. The summed E-state index contributed by atoms with van der Waals surface area (Å²) in [6.45, 7) is 4.37. The molecule has 4 nitrogen and oxygen atoms in total.